The van der Waals surface area contributed by atoms with Crippen LogP contribution >= 0.6 is 0 Å². The van der Waals surface area contributed by atoms with Crippen molar-refractivity contribution in [3.63, 3.8) is 0 Å². The Hall–Kier alpha value is -10.4. The average molecular weight is 1120 g/mol. The number of benzene rings is 10. The molecule has 5 heterocycles. The second-order valence-corrected chi connectivity index (χ2v) is 20.1. The third-order valence-corrected chi connectivity index (χ3v) is 14.9. The molecule has 11 nitrogen and oxygen atoms in total. The summed E-state index contributed by atoms with van der Waals surface area (Å²) in [5.41, 5.74) is 10.7. The van der Waals surface area contributed by atoms with Gasteiger partial charge in [0.2, 0.25) is 0 Å². The third kappa shape index (κ3) is 9.85. The molecule has 0 aliphatic carbocycles. The quantitative estimate of drug-likeness (QED) is 0.108. The molecule has 15 rings (SSSR count). The zero-order valence-corrected chi connectivity index (χ0v) is 47.5. The monoisotopic (exact) mass is 1120 g/mol. The van der Waals surface area contributed by atoms with Gasteiger partial charge in [-0.05, 0) is 110 Å². The minimum atomic E-state index is -0.408. The van der Waals surface area contributed by atoms with Crippen molar-refractivity contribution in [2.24, 2.45) is 0 Å². The van der Waals surface area contributed by atoms with Gasteiger partial charge in [0.1, 0.15) is 35.6 Å². The number of aromatic nitrogens is 8. The van der Waals surface area contributed by atoms with Gasteiger partial charge in [-0.25, -0.2) is 9.97 Å². The van der Waals surface area contributed by atoms with E-state index in [1.54, 1.807) is 0 Å². The first-order chi connectivity index (χ1) is 40.6. The normalized spacial score (nSPS) is 11.6. The molecule has 0 saturated carbocycles. The van der Waals surface area contributed by atoms with Gasteiger partial charge in [-0.15, -0.1) is 0 Å². The van der Waals surface area contributed by atoms with E-state index in [0.29, 0.717) is 68.5 Å². The molecule has 83 heavy (non-hydrogen) atoms. The molecule has 0 radical (unpaired) electrons. The molecule has 2 aliphatic heterocycles. The van der Waals surface area contributed by atoms with E-state index in [1.807, 2.05) is 188 Å². The predicted molar refractivity (Wildman–Crippen MR) is 320 cm³/mol. The fourth-order valence-corrected chi connectivity index (χ4v) is 10.9. The number of ether oxygens (including phenoxy) is 3. The van der Waals surface area contributed by atoms with E-state index < -0.39 is 18.3 Å². The molecule has 3 aromatic heterocycles. The van der Waals surface area contributed by atoms with Crippen LogP contribution in [-0.2, 0) is 19.5 Å². The fraction of sp³-hybridized carbons (Fsp3) is 0.0423. The average Bonchev–Trinajstić information content (AvgIpc) is 3.82. The Kier molecular flexibility index (Phi) is 13.4. The van der Waals surface area contributed by atoms with Gasteiger partial charge >= 0.3 is 19.5 Å². The van der Waals surface area contributed by atoms with Crippen LogP contribution in [0.15, 0.2) is 261 Å². The van der Waals surface area contributed by atoms with Gasteiger partial charge in [0.05, 0.1) is 23.3 Å². The van der Waals surface area contributed by atoms with E-state index in [9.17, 15) is 0 Å². The summed E-state index contributed by atoms with van der Waals surface area (Å²) in [5, 5.41) is 3.04. The summed E-state index contributed by atoms with van der Waals surface area (Å²) >= 11 is 0. The number of hydrogen-bond donors (Lipinski definition) is 0. The van der Waals surface area contributed by atoms with Crippen molar-refractivity contribution in [2.45, 2.75) is 18.3 Å². The standard InChI is InChI=1S/C71H46N8O3.Zn/c1-7-21-44(22-8-1)61(45-23-9-2-10-24-45)80-50-35-38-55-58(41-50)70-75-66(55)73-64-53-33-19-20-34-54(53)65(72-64)74-69-59-42-51(81-62(46-25-11-3-12-26-46)47-27-13-4-14-28-47)36-39-56(59)67(76-69)78-71-60-43-52(37-40-57(60)68(77-70)79-71)82-63(48-29-15-5-16-30-48)49-31-17-6-18-32-49;/h1-43,61-63H;/q-2;+2. The van der Waals surface area contributed by atoms with Gasteiger partial charge in [0.15, 0.2) is 0 Å². The molecular weight excluding hydrogens is 1080 g/mol. The first kappa shape index (κ1) is 50.8. The van der Waals surface area contributed by atoms with E-state index in [-0.39, 0.29) is 19.5 Å². The minimum Gasteiger partial charge on any atom is -0.481 e. The number of nitrogens with zero attached hydrogens (tertiary/aromatic N) is 8. The van der Waals surface area contributed by atoms with Crippen molar-refractivity contribution >= 4 is 44.1 Å². The zero-order chi connectivity index (χ0) is 54.3. The topological polar surface area (TPSA) is 133 Å². The Morgan fingerprint density at radius 2 is 0.506 bits per heavy atom. The van der Waals surface area contributed by atoms with Gasteiger partial charge in [-0.2, -0.15) is 0 Å². The maximum atomic E-state index is 6.99. The van der Waals surface area contributed by atoms with Gasteiger partial charge in [-0.1, -0.05) is 206 Å². The molecule has 8 bridgehead atoms. The molecule has 390 valence electrons. The Morgan fingerprint density at radius 1 is 0.241 bits per heavy atom. The Morgan fingerprint density at radius 3 is 0.843 bits per heavy atom. The summed E-state index contributed by atoms with van der Waals surface area (Å²) < 4.78 is 20.9. The van der Waals surface area contributed by atoms with E-state index >= 15 is 0 Å². The van der Waals surface area contributed by atoms with E-state index in [0.717, 1.165) is 71.8 Å². The van der Waals surface area contributed by atoms with Gasteiger partial charge in [0, 0.05) is 44.8 Å². The van der Waals surface area contributed by atoms with Crippen LogP contribution in [0.3, 0.4) is 0 Å². The van der Waals surface area contributed by atoms with E-state index in [4.69, 9.17) is 54.1 Å². The van der Waals surface area contributed by atoms with Crippen LogP contribution in [0.5, 0.6) is 17.2 Å². The molecular formula is C71H46N8O3Zn. The molecule has 0 spiro atoms. The number of fused-ring (bicyclic) bond motifs is 20. The zero-order valence-electron chi connectivity index (χ0n) is 44.6. The van der Waals surface area contributed by atoms with E-state index in [2.05, 4.69) is 72.8 Å². The van der Waals surface area contributed by atoms with Crippen LogP contribution in [0.4, 0.5) is 0 Å². The predicted octanol–water partition coefficient (Wildman–Crippen LogP) is 15.6. The summed E-state index contributed by atoms with van der Waals surface area (Å²) in [7, 11) is 0. The Balaban J connectivity index is 0.00000614. The summed E-state index contributed by atoms with van der Waals surface area (Å²) in [4.78, 5) is 42.1. The van der Waals surface area contributed by atoms with E-state index in [1.165, 1.54) is 0 Å². The van der Waals surface area contributed by atoms with Crippen molar-refractivity contribution in [3.8, 4) is 62.8 Å². The third-order valence-electron chi connectivity index (χ3n) is 14.9. The van der Waals surface area contributed by atoms with Crippen LogP contribution < -0.4 is 24.2 Å². The summed E-state index contributed by atoms with van der Waals surface area (Å²) in [6.45, 7) is 0. The molecule has 0 amide bonds. The molecule has 2 aliphatic rings. The minimum absolute atomic E-state index is 0. The van der Waals surface area contributed by atoms with Gasteiger partial charge in [-0.3, -0.25) is 0 Å². The van der Waals surface area contributed by atoms with Crippen LogP contribution in [0.1, 0.15) is 51.7 Å². The molecule has 12 heteroatoms. The number of hydrogen-bond acceptors (Lipinski definition) is 9. The van der Waals surface area contributed by atoms with Crippen molar-refractivity contribution in [2.75, 3.05) is 0 Å². The SMILES string of the molecule is [Zn+2].c1ccc(C(Oc2ccc3c(c2)-c2nc-3nc3[n-]c(nc4nc(nc5[n-]c(n2)c2ccccc52)-c2ccc(OC(c5ccccc5)c5ccccc5)cc2-4)c2ccc(OC(c4ccccc4)c4ccccc4)cc32)c2ccccc2)cc1. The maximum absolute atomic E-state index is 6.99. The van der Waals surface area contributed by atoms with Crippen molar-refractivity contribution in [1.82, 2.24) is 39.9 Å². The van der Waals surface area contributed by atoms with Crippen molar-refractivity contribution in [1.29, 1.82) is 0 Å². The number of rotatable bonds is 12. The maximum Gasteiger partial charge on any atom is 2.00 e. The van der Waals surface area contributed by atoms with Gasteiger partial charge < -0.3 is 44.1 Å². The summed E-state index contributed by atoms with van der Waals surface area (Å²) in [6, 6.07) is 87.1. The summed E-state index contributed by atoms with van der Waals surface area (Å²) in [5.74, 6) is 3.52. The largest absolute Gasteiger partial charge is 2.00 e. The molecule has 0 saturated heterocycles. The second-order valence-electron chi connectivity index (χ2n) is 20.1. The summed E-state index contributed by atoms with van der Waals surface area (Å²) in [6.07, 6.45) is -1.20. The second kappa shape index (κ2) is 21.9. The molecule has 0 unspecified atom stereocenters. The Labute approximate surface area is 490 Å². The molecule has 0 atom stereocenters. The van der Waals surface area contributed by atoms with Gasteiger partial charge in [0.25, 0.3) is 0 Å². The molecule has 13 aromatic rings. The van der Waals surface area contributed by atoms with Crippen LogP contribution in [-0.4, -0.2) is 29.9 Å². The van der Waals surface area contributed by atoms with Crippen molar-refractivity contribution < 1.29 is 33.7 Å². The van der Waals surface area contributed by atoms with Crippen LogP contribution in [0.2, 0.25) is 0 Å². The van der Waals surface area contributed by atoms with Crippen LogP contribution in [0.25, 0.3) is 89.7 Å². The molecule has 0 fully saturated rings. The van der Waals surface area contributed by atoms with Crippen molar-refractivity contribution in [3.05, 3.63) is 294 Å². The molecule has 0 N–H and O–H groups in total. The smallest absolute Gasteiger partial charge is 0.481 e. The first-order valence-electron chi connectivity index (χ1n) is 27.1. The fourth-order valence-electron chi connectivity index (χ4n) is 10.9. The Bertz CT molecular complexity index is 4480. The molecule has 10 aromatic carbocycles. The first-order valence-corrected chi connectivity index (χ1v) is 27.1. The van der Waals surface area contributed by atoms with Crippen LogP contribution in [0, 0.1) is 0 Å².